The molecule has 1 saturated carbocycles. The maximum atomic E-state index is 12.8. The molecule has 1 aromatic carbocycles. The number of aryl methyl sites for hydroxylation is 1. The fourth-order valence-corrected chi connectivity index (χ4v) is 7.11. The van der Waals surface area contributed by atoms with E-state index in [4.69, 9.17) is 4.74 Å². The summed E-state index contributed by atoms with van der Waals surface area (Å²) in [5, 5.41) is 0. The van der Waals surface area contributed by atoms with E-state index < -0.39 is 0 Å². The van der Waals surface area contributed by atoms with Gasteiger partial charge >= 0.3 is 5.97 Å². The van der Waals surface area contributed by atoms with Crippen molar-refractivity contribution in [3.8, 4) is 0 Å². The Hall–Kier alpha value is -2.29. The van der Waals surface area contributed by atoms with Gasteiger partial charge in [-0.3, -0.25) is 4.79 Å². The third-order valence-electron chi connectivity index (χ3n) is 8.59. The summed E-state index contributed by atoms with van der Waals surface area (Å²) in [6.07, 6.45) is 11.3. The number of carbonyl (C=O) groups excluding carboxylic acids is 1. The first-order valence-electron chi connectivity index (χ1n) is 11.5. The third-order valence-corrected chi connectivity index (χ3v) is 8.59. The fraction of sp³-hybridized carbons (Fsp3) is 0.519. The second-order valence-corrected chi connectivity index (χ2v) is 10.1. The van der Waals surface area contributed by atoms with E-state index in [1.54, 1.807) is 7.11 Å². The highest BCUT2D eigenvalue weighted by Crippen LogP contribution is 2.63. The second-order valence-electron chi connectivity index (χ2n) is 10.1. The van der Waals surface area contributed by atoms with Gasteiger partial charge in [-0.05, 0) is 79.0 Å². The Balaban J connectivity index is 1.55. The molecule has 0 radical (unpaired) electrons. The highest BCUT2D eigenvalue weighted by molar-refractivity contribution is 5.78. The second kappa shape index (κ2) is 7.14. The summed E-state index contributed by atoms with van der Waals surface area (Å²) >= 11 is 0. The number of carbonyl (C=O) groups is 1. The van der Waals surface area contributed by atoms with Crippen molar-refractivity contribution in [3.05, 3.63) is 65.5 Å². The number of nitrogens with zero attached hydrogens (tertiary/aromatic N) is 1. The molecule has 158 valence electrons. The molecular formula is C27H33NO2. The molecule has 3 nitrogen and oxygen atoms in total. The zero-order valence-electron chi connectivity index (χ0n) is 18.5. The first kappa shape index (κ1) is 19.7. The Kier molecular flexibility index (Phi) is 4.68. The van der Waals surface area contributed by atoms with Gasteiger partial charge in [0, 0.05) is 18.4 Å². The summed E-state index contributed by atoms with van der Waals surface area (Å²) in [6.45, 7) is 5.54. The van der Waals surface area contributed by atoms with Crippen LogP contribution in [0, 0.1) is 22.7 Å². The summed E-state index contributed by atoms with van der Waals surface area (Å²) in [6, 6.07) is 13.1. The van der Waals surface area contributed by atoms with Crippen molar-refractivity contribution in [1.82, 2.24) is 4.57 Å². The van der Waals surface area contributed by atoms with Gasteiger partial charge in [-0.1, -0.05) is 49.8 Å². The lowest BCUT2D eigenvalue weighted by molar-refractivity contribution is -0.165. The number of esters is 1. The predicted octanol–water partition coefficient (Wildman–Crippen LogP) is 5.87. The Morgan fingerprint density at radius 2 is 1.97 bits per heavy atom. The van der Waals surface area contributed by atoms with Crippen LogP contribution in [0.1, 0.15) is 62.8 Å². The van der Waals surface area contributed by atoms with Gasteiger partial charge in [0.1, 0.15) is 0 Å². The minimum Gasteiger partial charge on any atom is -0.469 e. The zero-order valence-corrected chi connectivity index (χ0v) is 18.5. The number of fused-ring (bicyclic) bond motifs is 5. The van der Waals surface area contributed by atoms with E-state index in [0.717, 1.165) is 32.2 Å². The molecule has 0 saturated heterocycles. The van der Waals surface area contributed by atoms with Crippen molar-refractivity contribution >= 4 is 11.5 Å². The highest BCUT2D eigenvalue weighted by Gasteiger charge is 2.58. The molecular weight excluding hydrogens is 370 g/mol. The van der Waals surface area contributed by atoms with Crippen LogP contribution in [0.3, 0.4) is 0 Å². The molecule has 3 heteroatoms. The van der Waals surface area contributed by atoms with Crippen LogP contribution in [-0.4, -0.2) is 17.6 Å². The van der Waals surface area contributed by atoms with Gasteiger partial charge < -0.3 is 9.30 Å². The quantitative estimate of drug-likeness (QED) is 0.600. The van der Waals surface area contributed by atoms with Crippen molar-refractivity contribution < 1.29 is 9.53 Å². The lowest BCUT2D eigenvalue weighted by atomic mass is 9.46. The number of allylic oxidation sites excluding steroid dienone is 2. The van der Waals surface area contributed by atoms with Crippen LogP contribution in [0.5, 0.6) is 0 Å². The lowest BCUT2D eigenvalue weighted by Gasteiger charge is -2.57. The van der Waals surface area contributed by atoms with Gasteiger partial charge in [-0.15, -0.1) is 0 Å². The van der Waals surface area contributed by atoms with Gasteiger partial charge in [-0.2, -0.15) is 0 Å². The Labute approximate surface area is 180 Å². The molecule has 1 fully saturated rings. The molecule has 0 amide bonds. The smallest absolute Gasteiger partial charge is 0.311 e. The predicted molar refractivity (Wildman–Crippen MR) is 120 cm³/mol. The average Bonchev–Trinajstić information content (AvgIpc) is 3.17. The molecule has 3 aliphatic rings. The van der Waals surface area contributed by atoms with Crippen LogP contribution >= 0.6 is 0 Å². The minimum atomic E-state index is -0.365. The summed E-state index contributed by atoms with van der Waals surface area (Å²) in [5.74, 6) is 0.871. The standard InChI is InChI=1S/C27H33NO2/c1-26-15-7-16-27(2,25(29)30-3)23(26)13-11-21-22(26)12-10-20-14-17-28(24(20)21)18-19-8-5-4-6-9-19/h4-6,8-9,11,14,17,22-23H,7,10,12-13,15-16,18H2,1-3H3/t22?,23-,26-,27+/m1/s1. The Morgan fingerprint density at radius 1 is 1.17 bits per heavy atom. The van der Waals surface area contributed by atoms with Gasteiger partial charge in [-0.25, -0.2) is 0 Å². The number of methoxy groups -OCH3 is 1. The number of rotatable bonds is 3. The molecule has 4 atom stereocenters. The number of hydrogen-bond donors (Lipinski definition) is 0. The molecule has 3 aliphatic carbocycles. The van der Waals surface area contributed by atoms with Gasteiger partial charge in [0.2, 0.25) is 0 Å². The van der Waals surface area contributed by atoms with E-state index in [1.807, 2.05) is 0 Å². The number of benzene rings is 1. The SMILES string of the molecule is COC(=O)[C@@]1(C)CCC[C@]2(C)C3CCc4ccn(Cc5ccccc5)c4C3=CC[C@@H]12. The highest BCUT2D eigenvalue weighted by atomic mass is 16.5. The molecule has 1 aromatic heterocycles. The van der Waals surface area contributed by atoms with Crippen molar-refractivity contribution in [3.63, 3.8) is 0 Å². The van der Waals surface area contributed by atoms with E-state index in [0.29, 0.717) is 11.8 Å². The van der Waals surface area contributed by atoms with E-state index in [2.05, 4.69) is 67.1 Å². The Bertz CT molecular complexity index is 988. The van der Waals surface area contributed by atoms with Crippen LogP contribution in [0.15, 0.2) is 48.7 Å². The maximum Gasteiger partial charge on any atom is 0.311 e. The number of aromatic nitrogens is 1. The van der Waals surface area contributed by atoms with Gasteiger partial charge in [0.15, 0.2) is 0 Å². The van der Waals surface area contributed by atoms with Crippen LogP contribution in [0.4, 0.5) is 0 Å². The third kappa shape index (κ3) is 2.81. The first-order valence-corrected chi connectivity index (χ1v) is 11.5. The van der Waals surface area contributed by atoms with Crippen molar-refractivity contribution in [2.24, 2.45) is 22.7 Å². The summed E-state index contributed by atoms with van der Waals surface area (Å²) in [7, 11) is 1.55. The van der Waals surface area contributed by atoms with Crippen LogP contribution in [-0.2, 0) is 22.5 Å². The van der Waals surface area contributed by atoms with Gasteiger partial charge in [0.25, 0.3) is 0 Å². The molecule has 0 bridgehead atoms. The molecule has 30 heavy (non-hydrogen) atoms. The summed E-state index contributed by atoms with van der Waals surface area (Å²) < 4.78 is 7.74. The van der Waals surface area contributed by atoms with Crippen molar-refractivity contribution in [1.29, 1.82) is 0 Å². The minimum absolute atomic E-state index is 0.0146. The van der Waals surface area contributed by atoms with E-state index >= 15 is 0 Å². The van der Waals surface area contributed by atoms with Crippen LogP contribution in [0.2, 0.25) is 0 Å². The molecule has 5 rings (SSSR count). The molecule has 2 aromatic rings. The molecule has 0 spiro atoms. The van der Waals surface area contributed by atoms with E-state index in [1.165, 1.54) is 35.2 Å². The summed E-state index contributed by atoms with van der Waals surface area (Å²) in [5.41, 5.74) is 5.60. The maximum absolute atomic E-state index is 12.8. The largest absolute Gasteiger partial charge is 0.469 e. The fourth-order valence-electron chi connectivity index (χ4n) is 7.11. The molecule has 0 aliphatic heterocycles. The Morgan fingerprint density at radius 3 is 2.73 bits per heavy atom. The van der Waals surface area contributed by atoms with Gasteiger partial charge in [0.05, 0.1) is 12.5 Å². The molecule has 1 unspecified atom stereocenters. The van der Waals surface area contributed by atoms with Crippen LogP contribution < -0.4 is 0 Å². The van der Waals surface area contributed by atoms with Crippen LogP contribution in [0.25, 0.3) is 5.57 Å². The molecule has 0 N–H and O–H groups in total. The lowest BCUT2D eigenvalue weighted by Crippen LogP contribution is -2.53. The monoisotopic (exact) mass is 403 g/mol. The molecule has 1 heterocycles. The van der Waals surface area contributed by atoms with Crippen molar-refractivity contribution in [2.45, 2.75) is 58.9 Å². The normalized spacial score (nSPS) is 32.4. The van der Waals surface area contributed by atoms with E-state index in [-0.39, 0.29) is 16.8 Å². The average molecular weight is 404 g/mol. The van der Waals surface area contributed by atoms with E-state index in [9.17, 15) is 4.79 Å². The summed E-state index contributed by atoms with van der Waals surface area (Å²) in [4.78, 5) is 12.8. The number of ether oxygens (including phenoxy) is 1. The topological polar surface area (TPSA) is 31.2 Å². The zero-order chi connectivity index (χ0) is 20.9. The van der Waals surface area contributed by atoms with Crippen molar-refractivity contribution in [2.75, 3.05) is 7.11 Å². The number of hydrogen-bond acceptors (Lipinski definition) is 2. The first-order chi connectivity index (χ1) is 14.5.